The summed E-state index contributed by atoms with van der Waals surface area (Å²) < 4.78 is 7.07. The molecule has 0 saturated heterocycles. The predicted octanol–water partition coefficient (Wildman–Crippen LogP) is 3.18. The molecule has 1 aromatic heterocycles. The topological polar surface area (TPSA) is 123 Å². The van der Waals surface area contributed by atoms with Crippen LogP contribution in [0.25, 0.3) is 11.1 Å². The van der Waals surface area contributed by atoms with Crippen molar-refractivity contribution in [2.75, 3.05) is 19.7 Å². The molecule has 0 unspecified atom stereocenters. The van der Waals surface area contributed by atoms with Crippen LogP contribution in [0.2, 0.25) is 0 Å². The summed E-state index contributed by atoms with van der Waals surface area (Å²) in [6, 6.07) is 16.3. The van der Waals surface area contributed by atoms with Crippen molar-refractivity contribution in [3.05, 3.63) is 89.5 Å². The second kappa shape index (κ2) is 10.7. The van der Waals surface area contributed by atoms with Crippen LogP contribution < -0.4 is 10.6 Å². The Hall–Kier alpha value is -4.40. The van der Waals surface area contributed by atoms with Gasteiger partial charge in [0, 0.05) is 37.3 Å². The number of rotatable bonds is 9. The zero-order valence-corrected chi connectivity index (χ0v) is 19.2. The molecule has 0 aliphatic heterocycles. The molecule has 0 radical (unpaired) electrons. The van der Waals surface area contributed by atoms with Gasteiger partial charge in [0.15, 0.2) is 5.69 Å². The number of nitrogens with zero attached hydrogens (tertiary/aromatic N) is 2. The van der Waals surface area contributed by atoms with E-state index in [-0.39, 0.29) is 30.7 Å². The van der Waals surface area contributed by atoms with Gasteiger partial charge in [-0.15, -0.1) is 0 Å². The number of carboxylic acid groups (broad SMARTS) is 1. The van der Waals surface area contributed by atoms with Gasteiger partial charge in [0.1, 0.15) is 6.61 Å². The first kappa shape index (κ1) is 23.7. The highest BCUT2D eigenvalue weighted by molar-refractivity contribution is 5.92. The Labute approximate surface area is 202 Å². The third-order valence-corrected chi connectivity index (χ3v) is 5.86. The fourth-order valence-corrected chi connectivity index (χ4v) is 4.06. The fourth-order valence-electron chi connectivity index (χ4n) is 4.06. The zero-order chi connectivity index (χ0) is 24.8. The van der Waals surface area contributed by atoms with Gasteiger partial charge in [-0.05, 0) is 29.2 Å². The number of benzene rings is 2. The zero-order valence-electron chi connectivity index (χ0n) is 19.2. The summed E-state index contributed by atoms with van der Waals surface area (Å²) >= 11 is 0. The maximum Gasteiger partial charge on any atom is 0.407 e. The number of aromatic nitrogens is 2. The number of ether oxygens (including phenoxy) is 1. The first-order valence-electron chi connectivity index (χ1n) is 11.2. The van der Waals surface area contributed by atoms with Crippen LogP contribution in [0.4, 0.5) is 4.79 Å². The molecule has 9 heteroatoms. The number of alkyl carbamates (subject to hydrolysis) is 1. The van der Waals surface area contributed by atoms with Crippen LogP contribution in [-0.2, 0) is 16.1 Å². The molecule has 0 atom stereocenters. The average molecular weight is 475 g/mol. The molecule has 1 aliphatic carbocycles. The molecule has 1 heterocycles. The van der Waals surface area contributed by atoms with E-state index in [4.69, 9.17) is 9.84 Å². The van der Waals surface area contributed by atoms with E-state index in [1.165, 1.54) is 12.5 Å². The van der Waals surface area contributed by atoms with Crippen molar-refractivity contribution in [2.24, 2.45) is 0 Å². The maximum absolute atomic E-state index is 12.2. The van der Waals surface area contributed by atoms with Crippen molar-refractivity contribution in [3.8, 4) is 11.1 Å². The molecule has 35 heavy (non-hydrogen) atoms. The van der Waals surface area contributed by atoms with Gasteiger partial charge in [-0.3, -0.25) is 4.79 Å². The number of carboxylic acids is 1. The van der Waals surface area contributed by atoms with Crippen molar-refractivity contribution < 1.29 is 24.2 Å². The molecular weight excluding hydrogens is 448 g/mol. The van der Waals surface area contributed by atoms with E-state index in [9.17, 15) is 14.4 Å². The number of fused-ring (bicyclic) bond motifs is 3. The average Bonchev–Trinajstić information content (AvgIpc) is 3.46. The van der Waals surface area contributed by atoms with Gasteiger partial charge >= 0.3 is 12.1 Å². The summed E-state index contributed by atoms with van der Waals surface area (Å²) in [7, 11) is 0. The lowest BCUT2D eigenvalue weighted by Gasteiger charge is -2.14. The van der Waals surface area contributed by atoms with Crippen LogP contribution in [0.3, 0.4) is 0 Å². The molecule has 0 fully saturated rings. The molecular formula is C26H26N4O5. The fraction of sp³-hybridized carbons (Fsp3) is 0.231. The number of carbonyl (C=O) groups is 3. The Morgan fingerprint density at radius 1 is 1.06 bits per heavy atom. The third kappa shape index (κ3) is 5.57. The Balaban J connectivity index is 1.21. The number of carbonyl (C=O) groups excluding carboxylic acids is 2. The maximum atomic E-state index is 12.2. The third-order valence-electron chi connectivity index (χ3n) is 5.86. The molecule has 0 saturated carbocycles. The first-order valence-corrected chi connectivity index (χ1v) is 11.2. The molecule has 2 aromatic carbocycles. The number of hydrogen-bond acceptors (Lipinski definition) is 5. The lowest BCUT2D eigenvalue weighted by Crippen LogP contribution is -2.29. The van der Waals surface area contributed by atoms with Crippen molar-refractivity contribution in [1.82, 2.24) is 20.2 Å². The lowest BCUT2D eigenvalue weighted by atomic mass is 9.98. The van der Waals surface area contributed by atoms with Gasteiger partial charge in [0.25, 0.3) is 0 Å². The second-order valence-electron chi connectivity index (χ2n) is 8.15. The van der Waals surface area contributed by atoms with Crippen LogP contribution in [0, 0.1) is 0 Å². The molecule has 2 amide bonds. The normalized spacial score (nSPS) is 12.5. The summed E-state index contributed by atoms with van der Waals surface area (Å²) in [4.78, 5) is 39.1. The number of amides is 2. The van der Waals surface area contributed by atoms with E-state index in [1.54, 1.807) is 17.6 Å². The Bertz CT molecular complexity index is 1230. The summed E-state index contributed by atoms with van der Waals surface area (Å²) in [6.07, 6.45) is 3.86. The highest BCUT2D eigenvalue weighted by Gasteiger charge is 2.28. The molecule has 3 N–H and O–H groups in total. The standard InChI is InChI=1S/C26H26N4O5/c1-17(24(31)27-12-13-30-14-23(25(32)33)29-16-30)10-11-28-26(34)35-15-22-20-8-4-2-6-18(20)19-7-3-5-9-21(19)22/h2-10,14,16,22H,11-13,15H2,1H3,(H,27,31)(H,28,34)(H,32,33)/b17-10+. The van der Waals surface area contributed by atoms with Crippen LogP contribution in [-0.4, -0.2) is 52.3 Å². The highest BCUT2D eigenvalue weighted by Crippen LogP contribution is 2.44. The van der Waals surface area contributed by atoms with Gasteiger partial charge in [-0.25, -0.2) is 14.6 Å². The number of imidazole rings is 1. The van der Waals surface area contributed by atoms with E-state index in [1.807, 2.05) is 24.3 Å². The van der Waals surface area contributed by atoms with E-state index < -0.39 is 12.1 Å². The van der Waals surface area contributed by atoms with E-state index >= 15 is 0 Å². The molecule has 3 aromatic rings. The predicted molar refractivity (Wildman–Crippen MR) is 129 cm³/mol. The van der Waals surface area contributed by atoms with Crippen molar-refractivity contribution in [3.63, 3.8) is 0 Å². The van der Waals surface area contributed by atoms with Gasteiger partial charge in [0.2, 0.25) is 5.91 Å². The number of hydrogen-bond donors (Lipinski definition) is 3. The van der Waals surface area contributed by atoms with Crippen molar-refractivity contribution >= 4 is 18.0 Å². The highest BCUT2D eigenvalue weighted by atomic mass is 16.5. The molecule has 0 spiro atoms. The van der Waals surface area contributed by atoms with E-state index in [0.29, 0.717) is 18.7 Å². The summed E-state index contributed by atoms with van der Waals surface area (Å²) in [5.41, 5.74) is 5.01. The van der Waals surface area contributed by atoms with Gasteiger partial charge in [0.05, 0.1) is 6.33 Å². The summed E-state index contributed by atoms with van der Waals surface area (Å²) in [5.74, 6) is -1.40. The molecule has 1 aliphatic rings. The minimum Gasteiger partial charge on any atom is -0.476 e. The molecule has 4 rings (SSSR count). The SMILES string of the molecule is C/C(=C\CNC(=O)OCC1c2ccccc2-c2ccccc21)C(=O)NCCn1cnc(C(=O)O)c1. The number of nitrogens with one attached hydrogen (secondary N) is 2. The summed E-state index contributed by atoms with van der Waals surface area (Å²) in [6.45, 7) is 2.71. The Kier molecular flexibility index (Phi) is 7.25. The molecule has 9 nitrogen and oxygen atoms in total. The first-order chi connectivity index (χ1) is 16.9. The van der Waals surface area contributed by atoms with Crippen LogP contribution >= 0.6 is 0 Å². The Morgan fingerprint density at radius 3 is 2.34 bits per heavy atom. The minimum atomic E-state index is -1.10. The second-order valence-corrected chi connectivity index (χ2v) is 8.15. The van der Waals surface area contributed by atoms with Crippen LogP contribution in [0.5, 0.6) is 0 Å². The number of aromatic carboxylic acids is 1. The van der Waals surface area contributed by atoms with Crippen LogP contribution in [0.1, 0.15) is 34.5 Å². The Morgan fingerprint density at radius 2 is 1.71 bits per heavy atom. The smallest absolute Gasteiger partial charge is 0.407 e. The van der Waals surface area contributed by atoms with Crippen molar-refractivity contribution in [1.29, 1.82) is 0 Å². The monoisotopic (exact) mass is 474 g/mol. The van der Waals surface area contributed by atoms with Crippen molar-refractivity contribution in [2.45, 2.75) is 19.4 Å². The van der Waals surface area contributed by atoms with E-state index in [0.717, 1.165) is 22.3 Å². The minimum absolute atomic E-state index is 0.0155. The largest absolute Gasteiger partial charge is 0.476 e. The molecule has 0 bridgehead atoms. The summed E-state index contributed by atoms with van der Waals surface area (Å²) in [5, 5.41) is 14.3. The van der Waals surface area contributed by atoms with Crippen LogP contribution in [0.15, 0.2) is 72.7 Å². The van der Waals surface area contributed by atoms with E-state index in [2.05, 4.69) is 39.9 Å². The van der Waals surface area contributed by atoms with Gasteiger partial charge in [-0.2, -0.15) is 0 Å². The quantitative estimate of drug-likeness (QED) is 0.410. The lowest BCUT2D eigenvalue weighted by molar-refractivity contribution is -0.117. The van der Waals surface area contributed by atoms with Gasteiger partial charge < -0.3 is 25.0 Å². The van der Waals surface area contributed by atoms with Gasteiger partial charge in [-0.1, -0.05) is 54.6 Å². The molecule has 180 valence electrons.